The number of amides is 1. The summed E-state index contributed by atoms with van der Waals surface area (Å²) in [5.41, 5.74) is 1.29. The summed E-state index contributed by atoms with van der Waals surface area (Å²) < 4.78 is 0. The third-order valence-corrected chi connectivity index (χ3v) is 5.23. The van der Waals surface area contributed by atoms with E-state index in [-0.39, 0.29) is 17.9 Å². The second-order valence-corrected chi connectivity index (χ2v) is 6.82. The van der Waals surface area contributed by atoms with Crippen LogP contribution in [0.3, 0.4) is 0 Å². The topological polar surface area (TPSA) is 53.4 Å². The van der Waals surface area contributed by atoms with Crippen molar-refractivity contribution in [2.45, 2.75) is 19.4 Å². The summed E-state index contributed by atoms with van der Waals surface area (Å²) in [6.07, 6.45) is 0.456. The van der Waals surface area contributed by atoms with Crippen molar-refractivity contribution in [3.05, 3.63) is 40.4 Å². The monoisotopic (exact) mass is 336 g/mol. The maximum absolute atomic E-state index is 12.5. The second kappa shape index (κ2) is 6.36. The Morgan fingerprint density at radius 3 is 2.95 bits per heavy atom. The van der Waals surface area contributed by atoms with Gasteiger partial charge in [0.05, 0.1) is 11.1 Å². The molecule has 1 amide bonds. The maximum Gasteiger partial charge on any atom is 0.273 e. The number of halogens is 1. The Morgan fingerprint density at radius 2 is 2.27 bits per heavy atom. The molecule has 2 unspecified atom stereocenters. The van der Waals surface area contributed by atoms with Crippen molar-refractivity contribution in [3.63, 3.8) is 0 Å². The standard InChI is InChI=1S/C16H17ClN2O2S/c1-10(20)11-6-7-19(8-11)16(21)14-9-22-15(18-14)12-4-2-3-5-13(12)17/h2-5,9-11,20H,6-8H2,1H3. The Morgan fingerprint density at radius 1 is 1.50 bits per heavy atom. The highest BCUT2D eigenvalue weighted by atomic mass is 35.5. The van der Waals surface area contributed by atoms with Gasteiger partial charge in [-0.05, 0) is 19.4 Å². The van der Waals surface area contributed by atoms with E-state index in [4.69, 9.17) is 11.6 Å². The first kappa shape index (κ1) is 15.5. The van der Waals surface area contributed by atoms with E-state index in [9.17, 15) is 9.90 Å². The van der Waals surface area contributed by atoms with Gasteiger partial charge in [-0.15, -0.1) is 11.3 Å². The van der Waals surface area contributed by atoms with E-state index >= 15 is 0 Å². The lowest BCUT2D eigenvalue weighted by molar-refractivity contribution is 0.0757. The lowest BCUT2D eigenvalue weighted by Gasteiger charge is -2.16. The van der Waals surface area contributed by atoms with Gasteiger partial charge < -0.3 is 10.0 Å². The van der Waals surface area contributed by atoms with Crippen LogP contribution in [0.1, 0.15) is 23.8 Å². The highest BCUT2D eigenvalue weighted by molar-refractivity contribution is 7.13. The van der Waals surface area contributed by atoms with Gasteiger partial charge in [0.15, 0.2) is 0 Å². The molecule has 1 fully saturated rings. The maximum atomic E-state index is 12.5. The molecule has 2 atom stereocenters. The van der Waals surface area contributed by atoms with E-state index < -0.39 is 0 Å². The fourth-order valence-electron chi connectivity index (χ4n) is 2.66. The number of carbonyl (C=O) groups is 1. The minimum atomic E-state index is -0.382. The normalized spacial score (nSPS) is 19.4. The lowest BCUT2D eigenvalue weighted by Crippen LogP contribution is -2.30. The molecule has 1 N–H and O–H groups in total. The van der Waals surface area contributed by atoms with Gasteiger partial charge in [-0.25, -0.2) is 4.98 Å². The van der Waals surface area contributed by atoms with Gasteiger partial charge in [0, 0.05) is 30.0 Å². The Labute approximate surface area is 138 Å². The number of rotatable bonds is 3. The number of carbonyl (C=O) groups excluding carboxylic acids is 1. The first-order valence-electron chi connectivity index (χ1n) is 7.24. The minimum absolute atomic E-state index is 0.0716. The number of nitrogens with zero attached hydrogens (tertiary/aromatic N) is 2. The van der Waals surface area contributed by atoms with Crippen LogP contribution in [0.25, 0.3) is 10.6 Å². The van der Waals surface area contributed by atoms with E-state index in [0.29, 0.717) is 23.8 Å². The van der Waals surface area contributed by atoms with Crippen LogP contribution in [-0.4, -0.2) is 40.1 Å². The molecular weight excluding hydrogens is 320 g/mol. The fourth-order valence-corrected chi connectivity index (χ4v) is 3.77. The van der Waals surface area contributed by atoms with Crippen molar-refractivity contribution in [2.24, 2.45) is 5.92 Å². The van der Waals surface area contributed by atoms with Crippen LogP contribution in [0, 0.1) is 5.92 Å². The number of aromatic nitrogens is 1. The summed E-state index contributed by atoms with van der Waals surface area (Å²) in [6, 6.07) is 7.48. The van der Waals surface area contributed by atoms with E-state index in [2.05, 4.69) is 4.98 Å². The number of aliphatic hydroxyl groups is 1. The number of hydrogen-bond acceptors (Lipinski definition) is 4. The number of thiazole rings is 1. The van der Waals surface area contributed by atoms with Gasteiger partial charge in [-0.1, -0.05) is 29.8 Å². The zero-order valence-electron chi connectivity index (χ0n) is 12.2. The molecule has 0 saturated carbocycles. The third kappa shape index (κ3) is 3.02. The molecule has 1 aromatic heterocycles. The van der Waals surface area contributed by atoms with Gasteiger partial charge in [0.25, 0.3) is 5.91 Å². The number of likely N-dealkylation sites (tertiary alicyclic amines) is 1. The van der Waals surface area contributed by atoms with Gasteiger partial charge in [-0.3, -0.25) is 4.79 Å². The smallest absolute Gasteiger partial charge is 0.273 e. The van der Waals surface area contributed by atoms with Gasteiger partial charge >= 0.3 is 0 Å². The van der Waals surface area contributed by atoms with Crippen LogP contribution in [-0.2, 0) is 0 Å². The minimum Gasteiger partial charge on any atom is -0.393 e. The van der Waals surface area contributed by atoms with Crippen LogP contribution in [0.5, 0.6) is 0 Å². The van der Waals surface area contributed by atoms with Crippen molar-refractivity contribution in [1.82, 2.24) is 9.88 Å². The van der Waals surface area contributed by atoms with Crippen LogP contribution in [0.2, 0.25) is 5.02 Å². The lowest BCUT2D eigenvalue weighted by atomic mass is 10.0. The molecule has 2 heterocycles. The summed E-state index contributed by atoms with van der Waals surface area (Å²) in [7, 11) is 0. The average molecular weight is 337 g/mol. The molecule has 3 rings (SSSR count). The zero-order valence-corrected chi connectivity index (χ0v) is 13.8. The summed E-state index contributed by atoms with van der Waals surface area (Å²) in [4.78, 5) is 18.7. The van der Waals surface area contributed by atoms with Crippen LogP contribution < -0.4 is 0 Å². The van der Waals surface area contributed by atoms with Gasteiger partial charge in [0.1, 0.15) is 10.7 Å². The molecule has 1 aliphatic heterocycles. The Bertz CT molecular complexity index is 686. The molecule has 4 nitrogen and oxygen atoms in total. The van der Waals surface area contributed by atoms with E-state index in [1.54, 1.807) is 17.2 Å². The SMILES string of the molecule is CC(O)C1CCN(C(=O)c2csc(-c3ccccc3Cl)n2)C1. The number of aliphatic hydroxyl groups excluding tert-OH is 1. The van der Waals surface area contributed by atoms with Gasteiger partial charge in [-0.2, -0.15) is 0 Å². The van der Waals surface area contributed by atoms with Gasteiger partial charge in [0.2, 0.25) is 0 Å². The molecule has 0 radical (unpaired) electrons. The van der Waals surface area contributed by atoms with Crippen LogP contribution >= 0.6 is 22.9 Å². The molecule has 1 aromatic carbocycles. The Hall–Kier alpha value is -1.43. The highest BCUT2D eigenvalue weighted by Crippen LogP contribution is 2.31. The van der Waals surface area contributed by atoms with E-state index in [0.717, 1.165) is 17.0 Å². The Balaban J connectivity index is 1.77. The molecule has 0 aliphatic carbocycles. The predicted molar refractivity (Wildman–Crippen MR) is 88.3 cm³/mol. The number of benzene rings is 1. The molecule has 1 aliphatic rings. The van der Waals surface area contributed by atoms with Crippen LogP contribution in [0.4, 0.5) is 0 Å². The van der Waals surface area contributed by atoms with E-state index in [1.165, 1.54) is 11.3 Å². The molecular formula is C16H17ClN2O2S. The second-order valence-electron chi connectivity index (χ2n) is 5.56. The molecule has 0 bridgehead atoms. The first-order valence-corrected chi connectivity index (χ1v) is 8.50. The summed E-state index contributed by atoms with van der Waals surface area (Å²) in [6.45, 7) is 3.04. The van der Waals surface area contributed by atoms with E-state index in [1.807, 2.05) is 24.3 Å². The quantitative estimate of drug-likeness (QED) is 0.935. The van der Waals surface area contributed by atoms with Crippen molar-refractivity contribution >= 4 is 28.8 Å². The zero-order chi connectivity index (χ0) is 15.7. The first-order chi connectivity index (χ1) is 10.6. The summed E-state index contributed by atoms with van der Waals surface area (Å²) in [5.74, 6) is 0.0864. The molecule has 2 aromatic rings. The van der Waals surface area contributed by atoms with Crippen molar-refractivity contribution in [1.29, 1.82) is 0 Å². The molecule has 22 heavy (non-hydrogen) atoms. The number of hydrogen-bond donors (Lipinski definition) is 1. The molecule has 1 saturated heterocycles. The highest BCUT2D eigenvalue weighted by Gasteiger charge is 2.30. The largest absolute Gasteiger partial charge is 0.393 e. The Kier molecular flexibility index (Phi) is 4.47. The van der Waals surface area contributed by atoms with Crippen molar-refractivity contribution in [2.75, 3.05) is 13.1 Å². The predicted octanol–water partition coefficient (Wildman–Crippen LogP) is 3.31. The van der Waals surface area contributed by atoms with Crippen molar-refractivity contribution in [3.8, 4) is 10.6 Å². The van der Waals surface area contributed by atoms with Crippen LogP contribution in [0.15, 0.2) is 29.6 Å². The molecule has 116 valence electrons. The van der Waals surface area contributed by atoms with Crippen molar-refractivity contribution < 1.29 is 9.90 Å². The molecule has 6 heteroatoms. The average Bonchev–Trinajstić information content (AvgIpc) is 3.17. The third-order valence-electron chi connectivity index (χ3n) is 4.02. The molecule has 0 spiro atoms. The summed E-state index contributed by atoms with van der Waals surface area (Å²) >= 11 is 7.59. The summed E-state index contributed by atoms with van der Waals surface area (Å²) in [5, 5.41) is 12.8. The fraction of sp³-hybridized carbons (Fsp3) is 0.375.